The van der Waals surface area contributed by atoms with Gasteiger partial charge in [-0.2, -0.15) is 0 Å². The van der Waals surface area contributed by atoms with Gasteiger partial charge in [0.1, 0.15) is 12.4 Å². The van der Waals surface area contributed by atoms with Crippen molar-refractivity contribution in [1.82, 2.24) is 4.98 Å². The fourth-order valence-corrected chi connectivity index (χ4v) is 1.40. The molecular weight excluding hydrogens is 322 g/mol. The Bertz CT molecular complexity index is 354. The number of hydrogen-bond donors (Lipinski definition) is 1. The highest BCUT2D eigenvalue weighted by Crippen LogP contribution is 2.07. The van der Waals surface area contributed by atoms with Crippen LogP contribution >= 0.6 is 0 Å². The van der Waals surface area contributed by atoms with E-state index in [2.05, 4.69) is 29.7 Å². The highest BCUT2D eigenvalue weighted by Gasteiger charge is 2.21. The number of imidazole rings is 1. The van der Waals surface area contributed by atoms with Crippen molar-refractivity contribution < 1.29 is 39.1 Å². The molecule has 0 bridgehead atoms. The standard InChI is InChI=1S/C10H18N2.2BF4/c1-3-4-5-6-7-10-11-8-9-12(10)2;2*2-1(3,4)5/h8-9H,3-7H2,1-2H3;;/q;2*-1/p+1. The summed E-state index contributed by atoms with van der Waals surface area (Å²) < 4.78 is 80.2. The summed E-state index contributed by atoms with van der Waals surface area (Å²) in [7, 11) is -9.91. The van der Waals surface area contributed by atoms with Crippen molar-refractivity contribution in [3.8, 4) is 0 Å². The average Bonchev–Trinajstić information content (AvgIpc) is 2.66. The smallest absolute Gasteiger partial charge is 0.418 e. The van der Waals surface area contributed by atoms with E-state index in [1.165, 1.54) is 37.9 Å². The lowest BCUT2D eigenvalue weighted by Crippen LogP contribution is -2.30. The number of nitrogens with zero attached hydrogens (tertiary/aromatic N) is 1. The lowest BCUT2D eigenvalue weighted by atomic mass is 10.1. The molecule has 0 aliphatic heterocycles. The summed E-state index contributed by atoms with van der Waals surface area (Å²) in [6, 6.07) is 0. The largest absolute Gasteiger partial charge is 0.673 e. The van der Waals surface area contributed by atoms with Crippen molar-refractivity contribution in [1.29, 1.82) is 0 Å². The molecule has 0 unspecified atom stereocenters. The Morgan fingerprint density at radius 2 is 1.36 bits per heavy atom. The summed E-state index contributed by atoms with van der Waals surface area (Å²) in [5.74, 6) is 1.34. The summed E-state index contributed by atoms with van der Waals surface area (Å²) >= 11 is 0. The Morgan fingerprint density at radius 1 is 0.909 bits per heavy atom. The molecule has 12 heteroatoms. The quantitative estimate of drug-likeness (QED) is 0.351. The van der Waals surface area contributed by atoms with Crippen LogP contribution in [0.5, 0.6) is 0 Å². The van der Waals surface area contributed by atoms with Gasteiger partial charge in [0.05, 0.1) is 7.05 Å². The van der Waals surface area contributed by atoms with Crippen LogP contribution in [0.2, 0.25) is 0 Å². The van der Waals surface area contributed by atoms with Crippen LogP contribution in [0.4, 0.5) is 34.5 Å². The molecule has 0 atom stereocenters. The zero-order chi connectivity index (χ0) is 17.8. The van der Waals surface area contributed by atoms with E-state index in [4.69, 9.17) is 0 Å². The highest BCUT2D eigenvalue weighted by molar-refractivity contribution is 6.50. The van der Waals surface area contributed by atoms with Crippen LogP contribution in [0.25, 0.3) is 0 Å². The van der Waals surface area contributed by atoms with Gasteiger partial charge in [0.15, 0.2) is 0 Å². The number of halogens is 8. The van der Waals surface area contributed by atoms with E-state index in [0.29, 0.717) is 0 Å². The monoisotopic (exact) mass is 341 g/mol. The summed E-state index contributed by atoms with van der Waals surface area (Å²) in [6.07, 6.45) is 10.6. The maximum absolute atomic E-state index is 9.75. The van der Waals surface area contributed by atoms with Gasteiger partial charge in [-0.05, 0) is 6.42 Å². The summed E-state index contributed by atoms with van der Waals surface area (Å²) in [5.41, 5.74) is 0. The van der Waals surface area contributed by atoms with E-state index in [-0.39, 0.29) is 0 Å². The second kappa shape index (κ2) is 11.4. The molecule has 1 heterocycles. The first-order valence-corrected chi connectivity index (χ1v) is 6.61. The molecule has 132 valence electrons. The number of aromatic nitrogens is 2. The van der Waals surface area contributed by atoms with Gasteiger partial charge in [-0.25, -0.2) is 9.55 Å². The third-order valence-electron chi connectivity index (χ3n) is 2.24. The molecule has 0 fully saturated rings. The number of unbranched alkanes of at least 4 members (excludes halogenated alkanes) is 3. The molecule has 0 aliphatic rings. The predicted octanol–water partition coefficient (Wildman–Crippen LogP) is 4.56. The molecule has 1 aromatic rings. The second-order valence-electron chi connectivity index (χ2n) is 4.32. The second-order valence-corrected chi connectivity index (χ2v) is 4.32. The maximum Gasteiger partial charge on any atom is 0.673 e. The van der Waals surface area contributed by atoms with E-state index in [0.717, 1.165) is 0 Å². The fraction of sp³-hybridized carbons (Fsp3) is 0.700. The van der Waals surface area contributed by atoms with Gasteiger partial charge in [0, 0.05) is 6.42 Å². The molecule has 0 aromatic carbocycles. The minimum Gasteiger partial charge on any atom is -0.418 e. The molecule has 0 aliphatic carbocycles. The Morgan fingerprint density at radius 3 is 1.68 bits per heavy atom. The first kappa shape index (κ1) is 23.1. The van der Waals surface area contributed by atoms with Gasteiger partial charge in [0.2, 0.25) is 0 Å². The zero-order valence-electron chi connectivity index (χ0n) is 12.3. The van der Waals surface area contributed by atoms with Crippen LogP contribution in [-0.2, 0) is 13.5 Å². The maximum atomic E-state index is 9.75. The number of nitrogens with one attached hydrogen (secondary N) is 1. The number of rotatable bonds is 5. The minimum atomic E-state index is -6.00. The third-order valence-corrected chi connectivity index (χ3v) is 2.24. The molecule has 0 amide bonds. The molecule has 0 saturated carbocycles. The Balaban J connectivity index is 0. The Hall–Kier alpha value is -1.22. The van der Waals surface area contributed by atoms with Crippen molar-refractivity contribution in [2.75, 3.05) is 0 Å². The van der Waals surface area contributed by atoms with Gasteiger partial charge in [-0.3, -0.25) is 0 Å². The first-order chi connectivity index (χ1) is 9.84. The normalized spacial score (nSPS) is 11.2. The summed E-state index contributed by atoms with van der Waals surface area (Å²) in [4.78, 5) is 3.25. The van der Waals surface area contributed by atoms with E-state index >= 15 is 0 Å². The van der Waals surface area contributed by atoms with E-state index in [1.807, 2.05) is 6.20 Å². The number of aromatic amines is 1. The van der Waals surface area contributed by atoms with E-state index in [9.17, 15) is 34.5 Å². The number of hydrogen-bond acceptors (Lipinski definition) is 0. The molecule has 1 aromatic heterocycles. The summed E-state index contributed by atoms with van der Waals surface area (Å²) in [5, 5.41) is 0. The molecule has 2 nitrogen and oxygen atoms in total. The van der Waals surface area contributed by atoms with Crippen LogP contribution < -0.4 is 4.57 Å². The minimum absolute atomic E-state index is 1.18. The molecular formula is C10H19B2F8N2-. The van der Waals surface area contributed by atoms with Gasteiger partial charge < -0.3 is 34.5 Å². The molecule has 0 radical (unpaired) electrons. The van der Waals surface area contributed by atoms with E-state index in [1.54, 1.807) is 0 Å². The van der Waals surface area contributed by atoms with Crippen molar-refractivity contribution >= 4 is 14.5 Å². The van der Waals surface area contributed by atoms with Crippen LogP contribution in [0.3, 0.4) is 0 Å². The van der Waals surface area contributed by atoms with Crippen molar-refractivity contribution in [2.24, 2.45) is 7.05 Å². The lowest BCUT2D eigenvalue weighted by Gasteiger charge is -1.95. The van der Waals surface area contributed by atoms with Gasteiger partial charge in [0.25, 0.3) is 5.82 Å². The Kier molecular flexibility index (Phi) is 11.9. The average molecular weight is 341 g/mol. The summed E-state index contributed by atoms with van der Waals surface area (Å²) in [6.45, 7) is 2.24. The predicted molar refractivity (Wildman–Crippen MR) is 70.2 cm³/mol. The van der Waals surface area contributed by atoms with Crippen LogP contribution in [0.1, 0.15) is 38.4 Å². The van der Waals surface area contributed by atoms with Crippen molar-refractivity contribution in [2.45, 2.75) is 39.0 Å². The topological polar surface area (TPSA) is 19.7 Å². The highest BCUT2D eigenvalue weighted by atomic mass is 19.5. The SMILES string of the molecule is CCCCCCc1[nH]cc[n+]1C.F[B-](F)(F)F.F[B-](F)(F)F. The van der Waals surface area contributed by atoms with Crippen LogP contribution in [-0.4, -0.2) is 19.5 Å². The molecule has 0 spiro atoms. The molecule has 1 N–H and O–H groups in total. The zero-order valence-corrected chi connectivity index (χ0v) is 12.3. The van der Waals surface area contributed by atoms with Gasteiger partial charge in [-0.15, -0.1) is 0 Å². The number of H-pyrrole nitrogens is 1. The van der Waals surface area contributed by atoms with Crippen LogP contribution in [0, 0.1) is 0 Å². The van der Waals surface area contributed by atoms with Gasteiger partial charge in [-0.1, -0.05) is 26.2 Å². The fourth-order valence-electron chi connectivity index (χ4n) is 1.40. The lowest BCUT2D eigenvalue weighted by molar-refractivity contribution is -0.677. The molecule has 0 saturated heterocycles. The van der Waals surface area contributed by atoms with Gasteiger partial charge >= 0.3 is 14.5 Å². The first-order valence-electron chi connectivity index (χ1n) is 6.61. The van der Waals surface area contributed by atoms with Crippen molar-refractivity contribution in [3.05, 3.63) is 18.2 Å². The van der Waals surface area contributed by atoms with Crippen molar-refractivity contribution in [3.63, 3.8) is 0 Å². The van der Waals surface area contributed by atoms with Crippen LogP contribution in [0.15, 0.2) is 12.4 Å². The molecule has 22 heavy (non-hydrogen) atoms. The number of aryl methyl sites for hydroxylation is 2. The molecule has 1 rings (SSSR count). The third kappa shape index (κ3) is 27.2. The van der Waals surface area contributed by atoms with E-state index < -0.39 is 14.5 Å². The Labute approximate surface area is 124 Å².